The molecular weight excluding hydrogens is 412 g/mol. The summed E-state index contributed by atoms with van der Waals surface area (Å²) in [5.74, 6) is 0. The fourth-order valence-electron chi connectivity index (χ4n) is 5.62. The summed E-state index contributed by atoms with van der Waals surface area (Å²) in [6.45, 7) is 10.9. The van der Waals surface area contributed by atoms with E-state index in [0.717, 1.165) is 11.3 Å². The van der Waals surface area contributed by atoms with Crippen LogP contribution in [0.2, 0.25) is 0 Å². The summed E-state index contributed by atoms with van der Waals surface area (Å²) >= 11 is 0. The minimum absolute atomic E-state index is 1.01. The smallest absolute Gasteiger partial charge is 0.145 e. The van der Waals surface area contributed by atoms with Crippen LogP contribution in [0.4, 0.5) is 0 Å². The van der Waals surface area contributed by atoms with Gasteiger partial charge in [-0.3, -0.25) is 4.40 Å². The van der Waals surface area contributed by atoms with Crippen LogP contribution in [-0.2, 0) is 0 Å². The van der Waals surface area contributed by atoms with Crippen LogP contribution in [0.3, 0.4) is 0 Å². The van der Waals surface area contributed by atoms with E-state index < -0.39 is 0 Å². The van der Waals surface area contributed by atoms with Gasteiger partial charge in [0.1, 0.15) is 5.65 Å². The van der Waals surface area contributed by atoms with Crippen molar-refractivity contribution in [1.29, 1.82) is 0 Å². The Morgan fingerprint density at radius 3 is 1.88 bits per heavy atom. The zero-order chi connectivity index (χ0) is 23.6. The van der Waals surface area contributed by atoms with Gasteiger partial charge in [0.05, 0.1) is 17.4 Å². The topological polar surface area (TPSA) is 17.3 Å². The highest BCUT2D eigenvalue weighted by atomic mass is 15.0. The number of aromatic nitrogens is 2. The number of pyridine rings is 1. The van der Waals surface area contributed by atoms with E-state index in [-0.39, 0.29) is 0 Å². The van der Waals surface area contributed by atoms with Crippen molar-refractivity contribution in [1.82, 2.24) is 9.38 Å². The molecule has 0 amide bonds. The normalized spacial score (nSPS) is 11.7. The highest BCUT2D eigenvalue weighted by Crippen LogP contribution is 2.38. The molecule has 34 heavy (non-hydrogen) atoms. The van der Waals surface area contributed by atoms with Crippen molar-refractivity contribution < 1.29 is 0 Å². The number of fused-ring (bicyclic) bond motifs is 6. The van der Waals surface area contributed by atoms with Crippen LogP contribution < -0.4 is 0 Å². The van der Waals surface area contributed by atoms with Crippen LogP contribution in [0.5, 0.6) is 0 Å². The standard InChI is InChI=1S/C32H28N2/c1-19-12-14-25-27-17-24(30-20(2)8-6-9-21(30)3)13-15-26(27)32-33-18-29(34(32)28(25)16-19)31-22(4)10-7-11-23(31)5/h6-18H,1-5H3. The molecule has 0 N–H and O–H groups in total. The Kier molecular flexibility index (Phi) is 4.60. The summed E-state index contributed by atoms with van der Waals surface area (Å²) < 4.78 is 2.36. The minimum atomic E-state index is 1.01. The molecule has 166 valence electrons. The van der Waals surface area contributed by atoms with Crippen molar-refractivity contribution >= 4 is 27.3 Å². The lowest BCUT2D eigenvalue weighted by Crippen LogP contribution is -1.97. The minimum Gasteiger partial charge on any atom is -0.292 e. The van der Waals surface area contributed by atoms with Crippen LogP contribution in [0, 0.1) is 34.6 Å². The number of rotatable bonds is 2. The molecule has 0 spiro atoms. The van der Waals surface area contributed by atoms with Gasteiger partial charge in [-0.15, -0.1) is 0 Å². The fourth-order valence-corrected chi connectivity index (χ4v) is 5.62. The molecule has 0 atom stereocenters. The maximum absolute atomic E-state index is 4.99. The Bertz CT molecular complexity index is 1710. The number of imidazole rings is 1. The van der Waals surface area contributed by atoms with Crippen molar-refractivity contribution in [3.63, 3.8) is 0 Å². The molecule has 0 radical (unpaired) electrons. The van der Waals surface area contributed by atoms with Gasteiger partial charge in [0.25, 0.3) is 0 Å². The molecule has 6 rings (SSSR count). The lowest BCUT2D eigenvalue weighted by molar-refractivity contribution is 1.24. The molecule has 2 nitrogen and oxygen atoms in total. The molecule has 0 bridgehead atoms. The second-order valence-electron chi connectivity index (χ2n) is 9.62. The largest absolute Gasteiger partial charge is 0.292 e. The molecule has 0 fully saturated rings. The maximum Gasteiger partial charge on any atom is 0.145 e. The van der Waals surface area contributed by atoms with E-state index in [9.17, 15) is 0 Å². The molecule has 0 unspecified atom stereocenters. The molecule has 2 heteroatoms. The Balaban J connectivity index is 1.76. The number of hydrogen-bond acceptors (Lipinski definition) is 1. The first-order chi connectivity index (χ1) is 16.4. The molecule has 4 aromatic carbocycles. The Morgan fingerprint density at radius 2 is 1.21 bits per heavy atom. The van der Waals surface area contributed by atoms with Crippen LogP contribution in [0.15, 0.2) is 79.0 Å². The van der Waals surface area contributed by atoms with Gasteiger partial charge in [-0.2, -0.15) is 0 Å². The van der Waals surface area contributed by atoms with Gasteiger partial charge < -0.3 is 0 Å². The maximum atomic E-state index is 4.99. The van der Waals surface area contributed by atoms with E-state index in [1.165, 1.54) is 66.2 Å². The van der Waals surface area contributed by atoms with Crippen molar-refractivity contribution in [3.8, 4) is 22.4 Å². The lowest BCUT2D eigenvalue weighted by atomic mass is 9.93. The zero-order valence-corrected chi connectivity index (χ0v) is 20.4. The quantitative estimate of drug-likeness (QED) is 0.247. The number of nitrogens with zero attached hydrogens (tertiary/aromatic N) is 2. The summed E-state index contributed by atoms with van der Waals surface area (Å²) in [4.78, 5) is 4.99. The van der Waals surface area contributed by atoms with Crippen LogP contribution in [-0.4, -0.2) is 9.38 Å². The highest BCUT2D eigenvalue weighted by molar-refractivity contribution is 6.13. The summed E-state index contributed by atoms with van der Waals surface area (Å²) in [7, 11) is 0. The third-order valence-corrected chi connectivity index (χ3v) is 7.21. The van der Waals surface area contributed by atoms with Gasteiger partial charge in [0, 0.05) is 16.3 Å². The summed E-state index contributed by atoms with van der Waals surface area (Å²) in [6.07, 6.45) is 2.05. The van der Waals surface area contributed by atoms with E-state index in [1.807, 2.05) is 6.20 Å². The van der Waals surface area contributed by atoms with Gasteiger partial charge >= 0.3 is 0 Å². The monoisotopic (exact) mass is 440 g/mol. The van der Waals surface area contributed by atoms with E-state index >= 15 is 0 Å². The van der Waals surface area contributed by atoms with Crippen molar-refractivity contribution in [3.05, 3.63) is 107 Å². The average Bonchev–Trinajstić information content (AvgIpc) is 3.24. The van der Waals surface area contributed by atoms with Crippen LogP contribution >= 0.6 is 0 Å². The lowest BCUT2D eigenvalue weighted by Gasteiger charge is -2.16. The van der Waals surface area contributed by atoms with Gasteiger partial charge in [-0.1, -0.05) is 54.6 Å². The zero-order valence-electron chi connectivity index (χ0n) is 20.4. The predicted octanol–water partition coefficient (Wildman–Crippen LogP) is 8.52. The molecule has 0 aliphatic carbocycles. The van der Waals surface area contributed by atoms with E-state index in [0.29, 0.717) is 0 Å². The first-order valence-corrected chi connectivity index (χ1v) is 11.9. The molecule has 0 saturated carbocycles. The second-order valence-corrected chi connectivity index (χ2v) is 9.62. The molecule has 6 aromatic rings. The Morgan fingerprint density at radius 1 is 0.588 bits per heavy atom. The van der Waals surface area contributed by atoms with Crippen molar-refractivity contribution in [2.75, 3.05) is 0 Å². The van der Waals surface area contributed by atoms with Gasteiger partial charge in [0.2, 0.25) is 0 Å². The molecule has 0 aliphatic heterocycles. The Hall–Kier alpha value is -3.91. The molecule has 0 aliphatic rings. The summed E-state index contributed by atoms with van der Waals surface area (Å²) in [5, 5.41) is 3.69. The Labute approximate surface area is 200 Å². The first kappa shape index (κ1) is 20.7. The van der Waals surface area contributed by atoms with Gasteiger partial charge in [-0.05, 0) is 97.1 Å². The third-order valence-electron chi connectivity index (χ3n) is 7.21. The van der Waals surface area contributed by atoms with E-state index in [1.54, 1.807) is 0 Å². The predicted molar refractivity (Wildman–Crippen MR) is 145 cm³/mol. The first-order valence-electron chi connectivity index (χ1n) is 11.9. The number of benzene rings is 4. The molecule has 2 aromatic heterocycles. The highest BCUT2D eigenvalue weighted by Gasteiger charge is 2.18. The number of hydrogen-bond donors (Lipinski definition) is 0. The summed E-state index contributed by atoms with van der Waals surface area (Å²) in [6, 6.07) is 26.7. The van der Waals surface area contributed by atoms with E-state index in [4.69, 9.17) is 4.98 Å². The third kappa shape index (κ3) is 2.99. The van der Waals surface area contributed by atoms with Crippen LogP contribution in [0.25, 0.3) is 49.7 Å². The molecular formula is C32H28N2. The van der Waals surface area contributed by atoms with Gasteiger partial charge in [-0.25, -0.2) is 4.98 Å². The van der Waals surface area contributed by atoms with Crippen molar-refractivity contribution in [2.45, 2.75) is 34.6 Å². The van der Waals surface area contributed by atoms with Crippen molar-refractivity contribution in [2.24, 2.45) is 0 Å². The molecule has 0 saturated heterocycles. The van der Waals surface area contributed by atoms with Crippen LogP contribution in [0.1, 0.15) is 27.8 Å². The molecule has 2 heterocycles. The summed E-state index contributed by atoms with van der Waals surface area (Å²) in [5.41, 5.74) is 13.6. The van der Waals surface area contributed by atoms with Gasteiger partial charge in [0.15, 0.2) is 0 Å². The number of aryl methyl sites for hydroxylation is 5. The SMILES string of the molecule is Cc1ccc2c3cc(-c4c(C)cccc4C)ccc3c3ncc(-c4c(C)cccc4C)n3c2c1. The van der Waals surface area contributed by atoms with E-state index in [2.05, 4.69) is 112 Å². The fraction of sp³-hybridized carbons (Fsp3) is 0.156. The average molecular weight is 441 g/mol. The second kappa shape index (κ2) is 7.56.